The predicted molar refractivity (Wildman–Crippen MR) is 97.6 cm³/mol. The number of carbonyl (C=O) groups excluding carboxylic acids is 2. The summed E-state index contributed by atoms with van der Waals surface area (Å²) in [7, 11) is -3.29. The first kappa shape index (κ1) is 18.7. The van der Waals surface area contributed by atoms with Crippen molar-refractivity contribution in [3.8, 4) is 0 Å². The fraction of sp³-hybridized carbons (Fsp3) is 0.556. The highest BCUT2D eigenvalue weighted by molar-refractivity contribution is 7.92. The Morgan fingerprint density at radius 2 is 1.88 bits per heavy atom. The Bertz CT molecular complexity index is 813. The van der Waals surface area contributed by atoms with E-state index in [1.165, 1.54) is 10.6 Å². The van der Waals surface area contributed by atoms with Gasteiger partial charge in [0, 0.05) is 25.2 Å². The van der Waals surface area contributed by atoms with E-state index in [2.05, 4.69) is 0 Å². The van der Waals surface area contributed by atoms with E-state index < -0.39 is 10.0 Å². The number of amides is 1. The molecule has 1 fully saturated rings. The van der Waals surface area contributed by atoms with Crippen LogP contribution in [0.25, 0.3) is 0 Å². The van der Waals surface area contributed by atoms with Gasteiger partial charge < -0.3 is 9.64 Å². The van der Waals surface area contributed by atoms with E-state index in [0.29, 0.717) is 56.8 Å². The molecule has 2 aliphatic rings. The molecule has 0 unspecified atom stereocenters. The van der Waals surface area contributed by atoms with Crippen LogP contribution in [0.5, 0.6) is 0 Å². The van der Waals surface area contributed by atoms with Crippen LogP contribution in [0.3, 0.4) is 0 Å². The van der Waals surface area contributed by atoms with Crippen molar-refractivity contribution < 1.29 is 22.7 Å². The highest BCUT2D eigenvalue weighted by atomic mass is 32.2. The molecule has 26 heavy (non-hydrogen) atoms. The molecule has 0 saturated carbocycles. The smallest absolute Gasteiger partial charge is 0.309 e. The number of carbonyl (C=O) groups is 2. The maximum atomic E-state index is 12.8. The van der Waals surface area contributed by atoms with Crippen LogP contribution in [0.4, 0.5) is 5.69 Å². The molecule has 0 bridgehead atoms. The van der Waals surface area contributed by atoms with Crippen molar-refractivity contribution in [2.75, 3.05) is 36.8 Å². The number of esters is 1. The second-order valence-corrected chi connectivity index (χ2v) is 8.65. The molecule has 7 nitrogen and oxygen atoms in total. The van der Waals surface area contributed by atoms with Crippen LogP contribution < -0.4 is 4.31 Å². The maximum absolute atomic E-state index is 12.8. The van der Waals surface area contributed by atoms with Crippen LogP contribution in [0.15, 0.2) is 18.2 Å². The molecule has 3 rings (SSSR count). The lowest BCUT2D eigenvalue weighted by Gasteiger charge is -2.31. The van der Waals surface area contributed by atoms with E-state index >= 15 is 0 Å². The van der Waals surface area contributed by atoms with Gasteiger partial charge >= 0.3 is 5.97 Å². The zero-order chi connectivity index (χ0) is 18.9. The summed E-state index contributed by atoms with van der Waals surface area (Å²) in [5.41, 5.74) is 2.10. The van der Waals surface area contributed by atoms with Gasteiger partial charge in [-0.3, -0.25) is 13.9 Å². The number of hydrogen-bond donors (Lipinski definition) is 0. The lowest BCUT2D eigenvalue weighted by atomic mass is 9.96. The van der Waals surface area contributed by atoms with Gasteiger partial charge in [0.05, 0.1) is 24.5 Å². The minimum Gasteiger partial charge on any atom is -0.466 e. The Hall–Kier alpha value is -2.09. The van der Waals surface area contributed by atoms with Gasteiger partial charge in [-0.05, 0) is 49.9 Å². The highest BCUT2D eigenvalue weighted by Gasteiger charge is 2.30. The number of piperidine rings is 1. The third kappa shape index (κ3) is 3.70. The Morgan fingerprint density at radius 1 is 1.19 bits per heavy atom. The fourth-order valence-corrected chi connectivity index (χ4v) is 4.57. The third-order valence-corrected chi connectivity index (χ3v) is 6.16. The van der Waals surface area contributed by atoms with Crippen LogP contribution in [-0.4, -0.2) is 57.7 Å². The van der Waals surface area contributed by atoms with E-state index in [1.807, 2.05) is 0 Å². The number of sulfonamides is 1. The SMILES string of the molecule is CCOC(=O)C1CCN(C(=O)c2ccc3c(c2)CCN3S(C)(=O)=O)CC1. The first-order valence-corrected chi connectivity index (χ1v) is 10.7. The Labute approximate surface area is 154 Å². The van der Waals surface area contributed by atoms with Gasteiger partial charge in [-0.1, -0.05) is 0 Å². The van der Waals surface area contributed by atoms with E-state index in [-0.39, 0.29) is 17.8 Å². The summed E-state index contributed by atoms with van der Waals surface area (Å²) in [5, 5.41) is 0. The van der Waals surface area contributed by atoms with Gasteiger partial charge in [-0.15, -0.1) is 0 Å². The molecule has 0 spiro atoms. The van der Waals surface area contributed by atoms with Crippen molar-refractivity contribution in [1.29, 1.82) is 0 Å². The molecule has 0 aromatic heterocycles. The number of likely N-dealkylation sites (tertiary alicyclic amines) is 1. The summed E-state index contributed by atoms with van der Waals surface area (Å²) in [6.45, 7) is 3.62. The predicted octanol–water partition coefficient (Wildman–Crippen LogP) is 1.42. The topological polar surface area (TPSA) is 84.0 Å². The zero-order valence-electron chi connectivity index (χ0n) is 15.1. The quantitative estimate of drug-likeness (QED) is 0.738. The summed E-state index contributed by atoms with van der Waals surface area (Å²) < 4.78 is 30.0. The van der Waals surface area contributed by atoms with Crippen molar-refractivity contribution in [1.82, 2.24) is 4.90 Å². The molecular formula is C18H24N2O5S. The minimum atomic E-state index is -3.29. The molecule has 0 N–H and O–H groups in total. The molecule has 8 heteroatoms. The number of benzene rings is 1. The first-order valence-electron chi connectivity index (χ1n) is 8.87. The van der Waals surface area contributed by atoms with Crippen LogP contribution >= 0.6 is 0 Å². The summed E-state index contributed by atoms with van der Waals surface area (Å²) in [4.78, 5) is 26.3. The van der Waals surface area contributed by atoms with Gasteiger partial charge in [0.1, 0.15) is 0 Å². The molecule has 142 valence electrons. The van der Waals surface area contributed by atoms with Crippen molar-refractivity contribution in [2.45, 2.75) is 26.2 Å². The molecule has 2 aliphatic heterocycles. The lowest BCUT2D eigenvalue weighted by Crippen LogP contribution is -2.40. The van der Waals surface area contributed by atoms with Crippen molar-refractivity contribution >= 4 is 27.6 Å². The average molecular weight is 380 g/mol. The Morgan fingerprint density at radius 3 is 2.50 bits per heavy atom. The maximum Gasteiger partial charge on any atom is 0.309 e. The van der Waals surface area contributed by atoms with Crippen LogP contribution in [0.1, 0.15) is 35.7 Å². The zero-order valence-corrected chi connectivity index (χ0v) is 15.9. The molecule has 0 radical (unpaired) electrons. The molecule has 1 aromatic carbocycles. The molecule has 0 aliphatic carbocycles. The number of rotatable bonds is 4. The van der Waals surface area contributed by atoms with E-state index in [9.17, 15) is 18.0 Å². The van der Waals surface area contributed by atoms with Crippen molar-refractivity contribution in [2.24, 2.45) is 5.92 Å². The number of anilines is 1. The van der Waals surface area contributed by atoms with E-state index in [0.717, 1.165) is 5.56 Å². The van der Waals surface area contributed by atoms with Crippen molar-refractivity contribution in [3.63, 3.8) is 0 Å². The fourth-order valence-electron chi connectivity index (χ4n) is 3.61. The summed E-state index contributed by atoms with van der Waals surface area (Å²) >= 11 is 0. The summed E-state index contributed by atoms with van der Waals surface area (Å²) in [6, 6.07) is 5.18. The first-order chi connectivity index (χ1) is 12.3. The lowest BCUT2D eigenvalue weighted by molar-refractivity contribution is -0.149. The number of nitrogens with zero attached hydrogens (tertiary/aromatic N) is 2. The molecule has 0 atom stereocenters. The third-order valence-electron chi connectivity index (χ3n) is 4.98. The van der Waals surface area contributed by atoms with Gasteiger partial charge in [0.15, 0.2) is 0 Å². The van der Waals surface area contributed by atoms with Crippen molar-refractivity contribution in [3.05, 3.63) is 29.3 Å². The van der Waals surface area contributed by atoms with Gasteiger partial charge in [0.2, 0.25) is 10.0 Å². The molecule has 1 amide bonds. The molecule has 1 saturated heterocycles. The normalized spacial score (nSPS) is 17.9. The van der Waals surface area contributed by atoms with Crippen LogP contribution in [0.2, 0.25) is 0 Å². The van der Waals surface area contributed by atoms with Crippen LogP contribution in [-0.2, 0) is 26.0 Å². The van der Waals surface area contributed by atoms with Gasteiger partial charge in [-0.2, -0.15) is 0 Å². The summed E-state index contributed by atoms with van der Waals surface area (Å²) in [5.74, 6) is -0.395. The van der Waals surface area contributed by atoms with Gasteiger partial charge in [0.25, 0.3) is 5.91 Å². The van der Waals surface area contributed by atoms with Crippen LogP contribution in [0, 0.1) is 5.92 Å². The van der Waals surface area contributed by atoms with E-state index in [4.69, 9.17) is 4.74 Å². The average Bonchev–Trinajstić information content (AvgIpc) is 3.05. The largest absolute Gasteiger partial charge is 0.466 e. The number of fused-ring (bicyclic) bond motifs is 1. The summed E-state index contributed by atoms with van der Waals surface area (Å²) in [6.07, 6.45) is 3.01. The Balaban J connectivity index is 1.68. The number of hydrogen-bond acceptors (Lipinski definition) is 5. The number of ether oxygens (including phenoxy) is 1. The standard InChI is InChI=1S/C18H24N2O5S/c1-3-25-18(22)13-6-9-19(10-7-13)17(21)15-4-5-16-14(12-15)8-11-20(16)26(2,23)24/h4-5,12-13H,3,6-11H2,1-2H3. The minimum absolute atomic E-state index is 0.0760. The highest BCUT2D eigenvalue weighted by Crippen LogP contribution is 2.31. The molecular weight excluding hydrogens is 356 g/mol. The second kappa shape index (κ2) is 7.26. The second-order valence-electron chi connectivity index (χ2n) is 6.75. The van der Waals surface area contributed by atoms with Gasteiger partial charge in [-0.25, -0.2) is 8.42 Å². The van der Waals surface area contributed by atoms with E-state index in [1.54, 1.807) is 30.0 Å². The Kier molecular flexibility index (Phi) is 5.22. The molecule has 2 heterocycles. The monoisotopic (exact) mass is 380 g/mol. The molecule has 1 aromatic rings.